The van der Waals surface area contributed by atoms with Crippen molar-refractivity contribution in [3.8, 4) is 5.75 Å². The highest BCUT2D eigenvalue weighted by Crippen LogP contribution is 2.34. The van der Waals surface area contributed by atoms with Crippen LogP contribution in [0, 0.1) is 0 Å². The van der Waals surface area contributed by atoms with Crippen LogP contribution < -0.4 is 4.74 Å². The van der Waals surface area contributed by atoms with Gasteiger partial charge in [-0.15, -0.1) is 0 Å². The summed E-state index contributed by atoms with van der Waals surface area (Å²) in [5, 5.41) is 0.999. The van der Waals surface area contributed by atoms with Crippen molar-refractivity contribution in [2.75, 3.05) is 13.7 Å². The predicted octanol–water partition coefficient (Wildman–Crippen LogP) is 3.56. The Morgan fingerprint density at radius 1 is 1.35 bits per heavy atom. The van der Waals surface area contributed by atoms with Crippen molar-refractivity contribution in [2.24, 2.45) is 4.99 Å². The lowest BCUT2D eigenvalue weighted by Gasteiger charge is -2.10. The van der Waals surface area contributed by atoms with Crippen molar-refractivity contribution in [1.29, 1.82) is 0 Å². The number of nitrogens with zero attached hydrogens (tertiary/aromatic N) is 1. The Bertz CT molecular complexity index is 484. The molecular weight excluding hydrogens is 261 g/mol. The summed E-state index contributed by atoms with van der Waals surface area (Å²) in [6.07, 6.45) is 0. The second kappa shape index (κ2) is 4.39. The fourth-order valence-electron chi connectivity index (χ4n) is 1.63. The molecule has 1 aliphatic heterocycles. The van der Waals surface area contributed by atoms with Gasteiger partial charge in [-0.1, -0.05) is 23.2 Å². The molecule has 0 amide bonds. The monoisotopic (exact) mass is 273 g/mol. The third-order valence-electron chi connectivity index (χ3n) is 2.42. The minimum atomic E-state index is -0.233. The molecule has 1 aliphatic rings. The first kappa shape index (κ1) is 12.5. The summed E-state index contributed by atoms with van der Waals surface area (Å²) >= 11 is 12.1. The van der Waals surface area contributed by atoms with E-state index in [0.29, 0.717) is 33.9 Å². The van der Waals surface area contributed by atoms with E-state index in [4.69, 9.17) is 32.7 Å². The molecule has 0 saturated heterocycles. The van der Waals surface area contributed by atoms with E-state index in [1.807, 2.05) is 13.8 Å². The van der Waals surface area contributed by atoms with Gasteiger partial charge in [0.25, 0.3) is 0 Å². The Kier molecular flexibility index (Phi) is 3.23. The van der Waals surface area contributed by atoms with E-state index >= 15 is 0 Å². The maximum absolute atomic E-state index is 6.16. The van der Waals surface area contributed by atoms with Gasteiger partial charge in [0.1, 0.15) is 12.4 Å². The largest absolute Gasteiger partial charge is 0.496 e. The van der Waals surface area contributed by atoms with E-state index in [0.717, 1.165) is 0 Å². The number of hydrogen-bond acceptors (Lipinski definition) is 3. The van der Waals surface area contributed by atoms with Crippen molar-refractivity contribution in [2.45, 2.75) is 19.4 Å². The minimum absolute atomic E-state index is 0.233. The van der Waals surface area contributed by atoms with Crippen LogP contribution in [0.15, 0.2) is 17.1 Å². The number of aliphatic imine (C=N–C) groups is 1. The predicted molar refractivity (Wildman–Crippen MR) is 69.6 cm³/mol. The van der Waals surface area contributed by atoms with E-state index in [2.05, 4.69) is 4.99 Å². The average molecular weight is 274 g/mol. The van der Waals surface area contributed by atoms with E-state index < -0.39 is 0 Å². The van der Waals surface area contributed by atoms with Crippen molar-refractivity contribution < 1.29 is 9.47 Å². The van der Waals surface area contributed by atoms with Gasteiger partial charge in [-0.3, -0.25) is 0 Å². The number of methoxy groups -OCH3 is 1. The van der Waals surface area contributed by atoms with Gasteiger partial charge in [0.2, 0.25) is 5.90 Å². The lowest BCUT2D eigenvalue weighted by atomic mass is 10.1. The van der Waals surface area contributed by atoms with E-state index in [-0.39, 0.29) is 5.54 Å². The molecule has 5 heteroatoms. The van der Waals surface area contributed by atoms with Gasteiger partial charge < -0.3 is 9.47 Å². The van der Waals surface area contributed by atoms with Crippen LogP contribution in [0.25, 0.3) is 0 Å². The third-order valence-corrected chi connectivity index (χ3v) is 2.94. The Morgan fingerprint density at radius 2 is 2.06 bits per heavy atom. The fourth-order valence-corrected chi connectivity index (χ4v) is 2.19. The smallest absolute Gasteiger partial charge is 0.222 e. The van der Waals surface area contributed by atoms with Gasteiger partial charge in [0.05, 0.1) is 23.2 Å². The van der Waals surface area contributed by atoms with Gasteiger partial charge in [-0.2, -0.15) is 0 Å². The number of rotatable bonds is 2. The average Bonchev–Trinajstić information content (AvgIpc) is 2.57. The van der Waals surface area contributed by atoms with Crippen molar-refractivity contribution in [3.05, 3.63) is 27.7 Å². The molecule has 1 aromatic rings. The van der Waals surface area contributed by atoms with Crippen molar-refractivity contribution >= 4 is 29.1 Å². The standard InChI is InChI=1S/C12H13Cl2NO2/c1-12(2)6-17-11(15-12)10-8(14)4-7(13)5-9(10)16-3/h4-5H,6H2,1-3H3. The second-order valence-corrected chi connectivity index (χ2v) is 5.33. The van der Waals surface area contributed by atoms with Crippen LogP contribution in [-0.2, 0) is 4.74 Å². The highest BCUT2D eigenvalue weighted by atomic mass is 35.5. The third kappa shape index (κ3) is 2.50. The summed E-state index contributed by atoms with van der Waals surface area (Å²) in [6, 6.07) is 3.35. The van der Waals surface area contributed by atoms with Gasteiger partial charge in [-0.25, -0.2) is 4.99 Å². The molecule has 17 heavy (non-hydrogen) atoms. The summed E-state index contributed by atoms with van der Waals surface area (Å²) in [5.41, 5.74) is 0.424. The first-order valence-electron chi connectivity index (χ1n) is 5.19. The molecule has 92 valence electrons. The van der Waals surface area contributed by atoms with Crippen LogP contribution in [0.2, 0.25) is 10.0 Å². The number of benzene rings is 1. The molecule has 0 fully saturated rings. The normalized spacial score (nSPS) is 17.6. The van der Waals surface area contributed by atoms with Crippen LogP contribution in [0.1, 0.15) is 19.4 Å². The Labute approximate surface area is 110 Å². The summed E-state index contributed by atoms with van der Waals surface area (Å²) in [5.74, 6) is 1.08. The molecule has 0 aromatic heterocycles. The lowest BCUT2D eigenvalue weighted by Crippen LogP contribution is -2.17. The molecule has 2 rings (SSSR count). The maximum Gasteiger partial charge on any atom is 0.222 e. The van der Waals surface area contributed by atoms with Crippen LogP contribution in [-0.4, -0.2) is 25.2 Å². The molecule has 0 radical (unpaired) electrons. The van der Waals surface area contributed by atoms with Crippen LogP contribution in [0.4, 0.5) is 0 Å². The number of halogens is 2. The zero-order valence-electron chi connectivity index (χ0n) is 9.88. The van der Waals surface area contributed by atoms with Gasteiger partial charge >= 0.3 is 0 Å². The second-order valence-electron chi connectivity index (χ2n) is 4.48. The summed E-state index contributed by atoms with van der Waals surface area (Å²) in [4.78, 5) is 4.48. The molecule has 0 spiro atoms. The van der Waals surface area contributed by atoms with E-state index in [1.54, 1.807) is 19.2 Å². The summed E-state index contributed by atoms with van der Waals surface area (Å²) in [7, 11) is 1.56. The zero-order valence-corrected chi connectivity index (χ0v) is 11.4. The molecule has 1 heterocycles. The van der Waals surface area contributed by atoms with Crippen molar-refractivity contribution in [3.63, 3.8) is 0 Å². The van der Waals surface area contributed by atoms with Crippen LogP contribution in [0.3, 0.4) is 0 Å². The molecule has 0 saturated carbocycles. The molecule has 3 nitrogen and oxygen atoms in total. The highest BCUT2D eigenvalue weighted by molar-refractivity contribution is 6.37. The first-order chi connectivity index (χ1) is 7.93. The number of ether oxygens (including phenoxy) is 2. The lowest BCUT2D eigenvalue weighted by molar-refractivity contribution is 0.278. The van der Waals surface area contributed by atoms with Gasteiger partial charge in [0.15, 0.2) is 0 Å². The first-order valence-corrected chi connectivity index (χ1v) is 5.94. The molecule has 0 bridgehead atoms. The Morgan fingerprint density at radius 3 is 2.59 bits per heavy atom. The molecule has 0 unspecified atom stereocenters. The van der Waals surface area contributed by atoms with Gasteiger partial charge in [0, 0.05) is 5.02 Å². The number of hydrogen-bond donors (Lipinski definition) is 0. The molecule has 1 aromatic carbocycles. The SMILES string of the molecule is COc1cc(Cl)cc(Cl)c1C1=NC(C)(C)CO1. The Balaban J connectivity index is 2.53. The quantitative estimate of drug-likeness (QED) is 0.825. The molecular formula is C12H13Cl2NO2. The van der Waals surface area contributed by atoms with Crippen LogP contribution in [0.5, 0.6) is 5.75 Å². The van der Waals surface area contributed by atoms with Crippen LogP contribution >= 0.6 is 23.2 Å². The maximum atomic E-state index is 6.16. The summed E-state index contributed by atoms with van der Waals surface area (Å²) in [6.45, 7) is 4.52. The van der Waals surface area contributed by atoms with E-state index in [1.165, 1.54) is 0 Å². The highest BCUT2D eigenvalue weighted by Gasteiger charge is 2.30. The van der Waals surface area contributed by atoms with Gasteiger partial charge in [-0.05, 0) is 26.0 Å². The van der Waals surface area contributed by atoms with E-state index in [9.17, 15) is 0 Å². The molecule has 0 N–H and O–H groups in total. The molecule has 0 aliphatic carbocycles. The fraction of sp³-hybridized carbons (Fsp3) is 0.417. The zero-order chi connectivity index (χ0) is 12.6. The molecule has 0 atom stereocenters. The Hall–Kier alpha value is -0.930. The minimum Gasteiger partial charge on any atom is -0.496 e. The topological polar surface area (TPSA) is 30.8 Å². The summed E-state index contributed by atoms with van der Waals surface area (Å²) < 4.78 is 10.8. The van der Waals surface area contributed by atoms with Crippen molar-refractivity contribution in [1.82, 2.24) is 0 Å².